The Morgan fingerprint density at radius 3 is 2.22 bits per heavy atom. The van der Waals surface area contributed by atoms with E-state index in [9.17, 15) is 18.0 Å². The Kier molecular flexibility index (Phi) is 3.77. The lowest BCUT2D eigenvalue weighted by Crippen LogP contribution is -2.62. The Balaban J connectivity index is 2.56. The quantitative estimate of drug-likeness (QED) is 0.742. The lowest BCUT2D eigenvalue weighted by atomic mass is 10.0. The molecule has 1 fully saturated rings. The molecule has 0 aromatic carbocycles. The average Bonchev–Trinajstić information content (AvgIpc) is 2.05. The standard InChI is InChI=1S/C10H13F3N2O2S/c1-8(2,3)17-7(16)15-5-9(4-14,6-15)18-10(11,12)13/h5-6H2,1-3H3. The first-order chi connectivity index (χ1) is 7.96. The van der Waals surface area contributed by atoms with Gasteiger partial charge in [-0.15, -0.1) is 0 Å². The molecule has 1 aliphatic rings. The van der Waals surface area contributed by atoms with E-state index in [1.165, 1.54) is 0 Å². The van der Waals surface area contributed by atoms with Crippen LogP contribution in [0.1, 0.15) is 20.8 Å². The van der Waals surface area contributed by atoms with Crippen LogP contribution in [0.25, 0.3) is 0 Å². The average molecular weight is 282 g/mol. The van der Waals surface area contributed by atoms with Gasteiger partial charge in [0.2, 0.25) is 0 Å². The molecule has 0 atom stereocenters. The zero-order valence-electron chi connectivity index (χ0n) is 10.2. The summed E-state index contributed by atoms with van der Waals surface area (Å²) < 4.78 is 40.1. The molecule has 0 aliphatic carbocycles. The van der Waals surface area contributed by atoms with Crippen molar-refractivity contribution >= 4 is 17.9 Å². The van der Waals surface area contributed by atoms with Crippen molar-refractivity contribution in [3.8, 4) is 6.07 Å². The van der Waals surface area contributed by atoms with Gasteiger partial charge in [-0.2, -0.15) is 18.4 Å². The SMILES string of the molecule is CC(C)(C)OC(=O)N1CC(C#N)(SC(F)(F)F)C1. The molecule has 102 valence electrons. The molecule has 1 saturated heterocycles. The van der Waals surface area contributed by atoms with Crippen molar-refractivity contribution in [2.24, 2.45) is 0 Å². The van der Waals surface area contributed by atoms with Gasteiger partial charge in [-0.1, -0.05) is 0 Å². The molecule has 0 unspecified atom stereocenters. The zero-order valence-corrected chi connectivity index (χ0v) is 11.0. The summed E-state index contributed by atoms with van der Waals surface area (Å²) in [5.74, 6) is 0. The van der Waals surface area contributed by atoms with Crippen molar-refractivity contribution in [3.63, 3.8) is 0 Å². The van der Waals surface area contributed by atoms with Gasteiger partial charge in [-0.05, 0) is 32.5 Å². The number of alkyl halides is 3. The number of hydrogen-bond donors (Lipinski definition) is 0. The van der Waals surface area contributed by atoms with Gasteiger partial charge in [-0.3, -0.25) is 0 Å². The minimum atomic E-state index is -4.49. The number of carbonyl (C=O) groups is 1. The van der Waals surface area contributed by atoms with Crippen molar-refractivity contribution in [2.75, 3.05) is 13.1 Å². The molecule has 0 saturated carbocycles. The molecular weight excluding hydrogens is 269 g/mol. The maximum Gasteiger partial charge on any atom is 0.443 e. The summed E-state index contributed by atoms with van der Waals surface area (Å²) in [5, 5.41) is 8.78. The topological polar surface area (TPSA) is 53.3 Å². The van der Waals surface area contributed by atoms with Crippen LogP contribution in [0.3, 0.4) is 0 Å². The molecule has 4 nitrogen and oxygen atoms in total. The Morgan fingerprint density at radius 1 is 1.39 bits per heavy atom. The van der Waals surface area contributed by atoms with Gasteiger partial charge in [0.1, 0.15) is 10.3 Å². The Bertz CT molecular complexity index is 378. The Morgan fingerprint density at radius 2 is 1.89 bits per heavy atom. The molecule has 1 aliphatic heterocycles. The molecule has 0 N–H and O–H groups in total. The Labute approximate surface area is 107 Å². The number of thioether (sulfide) groups is 1. The molecule has 0 spiro atoms. The van der Waals surface area contributed by atoms with Crippen LogP contribution in [0.5, 0.6) is 0 Å². The highest BCUT2D eigenvalue weighted by Crippen LogP contribution is 2.45. The number of hydrogen-bond acceptors (Lipinski definition) is 4. The summed E-state index contributed by atoms with van der Waals surface area (Å²) in [6.45, 7) is 4.43. The third kappa shape index (κ3) is 3.98. The van der Waals surface area contributed by atoms with Crippen molar-refractivity contribution < 1.29 is 22.7 Å². The number of carbonyl (C=O) groups excluding carboxylic acids is 1. The molecule has 1 rings (SSSR count). The third-order valence-corrected chi connectivity index (χ3v) is 3.03. The van der Waals surface area contributed by atoms with E-state index in [0.29, 0.717) is 0 Å². The number of nitrogens with zero attached hydrogens (tertiary/aromatic N) is 2. The molecular formula is C10H13F3N2O2S. The maximum atomic E-state index is 12.2. The minimum absolute atomic E-state index is 0.275. The van der Waals surface area contributed by atoms with Gasteiger partial charge in [-0.25, -0.2) is 4.79 Å². The van der Waals surface area contributed by atoms with Gasteiger partial charge in [0, 0.05) is 0 Å². The van der Waals surface area contributed by atoms with E-state index < -0.39 is 21.9 Å². The Hall–Kier alpha value is -1.10. The highest BCUT2D eigenvalue weighted by molar-refractivity contribution is 8.01. The molecule has 1 heterocycles. The van der Waals surface area contributed by atoms with E-state index in [0.717, 1.165) is 4.90 Å². The number of amides is 1. The van der Waals surface area contributed by atoms with Crippen LogP contribution in [-0.2, 0) is 4.74 Å². The number of halogens is 3. The van der Waals surface area contributed by atoms with Crippen LogP contribution in [0, 0.1) is 11.3 Å². The fraction of sp³-hybridized carbons (Fsp3) is 0.800. The third-order valence-electron chi connectivity index (χ3n) is 2.06. The summed E-state index contributed by atoms with van der Waals surface area (Å²) in [5.41, 5.74) is -5.20. The molecule has 18 heavy (non-hydrogen) atoms. The van der Waals surface area contributed by atoms with E-state index in [4.69, 9.17) is 10.00 Å². The van der Waals surface area contributed by atoms with E-state index in [-0.39, 0.29) is 24.9 Å². The second-order valence-corrected chi connectivity index (χ2v) is 6.44. The summed E-state index contributed by atoms with van der Waals surface area (Å²) in [4.78, 5) is 12.6. The van der Waals surface area contributed by atoms with E-state index in [1.54, 1.807) is 26.8 Å². The van der Waals surface area contributed by atoms with Crippen LogP contribution in [-0.4, -0.2) is 39.9 Å². The summed E-state index contributed by atoms with van der Waals surface area (Å²) >= 11 is -0.380. The fourth-order valence-corrected chi connectivity index (χ4v) is 2.33. The van der Waals surface area contributed by atoms with E-state index in [1.807, 2.05) is 0 Å². The smallest absolute Gasteiger partial charge is 0.443 e. The molecule has 0 aromatic heterocycles. The summed E-state index contributed by atoms with van der Waals surface area (Å²) in [6, 6.07) is 1.61. The number of rotatable bonds is 1. The number of likely N-dealkylation sites (tertiary alicyclic amines) is 1. The normalized spacial score (nSPS) is 18.8. The van der Waals surface area contributed by atoms with Crippen LogP contribution in [0.15, 0.2) is 0 Å². The lowest BCUT2D eigenvalue weighted by molar-refractivity contribution is -0.0369. The first-order valence-electron chi connectivity index (χ1n) is 5.12. The first kappa shape index (κ1) is 15.0. The second kappa shape index (κ2) is 4.53. The molecule has 0 aromatic rings. The largest absolute Gasteiger partial charge is 0.444 e. The van der Waals surface area contributed by atoms with Gasteiger partial charge < -0.3 is 9.64 Å². The van der Waals surface area contributed by atoms with Crippen LogP contribution >= 0.6 is 11.8 Å². The first-order valence-corrected chi connectivity index (χ1v) is 5.94. The summed E-state index contributed by atoms with van der Waals surface area (Å²) in [6.07, 6.45) is -0.698. The second-order valence-electron chi connectivity index (χ2n) is 4.99. The molecule has 0 radical (unpaired) electrons. The van der Waals surface area contributed by atoms with Gasteiger partial charge in [0.05, 0.1) is 19.2 Å². The van der Waals surface area contributed by atoms with Crippen LogP contribution < -0.4 is 0 Å². The predicted octanol–water partition coefficient (Wildman–Crippen LogP) is 2.75. The van der Waals surface area contributed by atoms with Crippen molar-refractivity contribution in [2.45, 2.75) is 36.6 Å². The minimum Gasteiger partial charge on any atom is -0.444 e. The van der Waals surface area contributed by atoms with Crippen molar-refractivity contribution in [1.82, 2.24) is 4.90 Å². The number of nitriles is 1. The highest BCUT2D eigenvalue weighted by Gasteiger charge is 2.54. The lowest BCUT2D eigenvalue weighted by Gasteiger charge is -2.44. The molecule has 8 heteroatoms. The van der Waals surface area contributed by atoms with Gasteiger partial charge >= 0.3 is 11.6 Å². The zero-order chi connectivity index (χ0) is 14.2. The van der Waals surface area contributed by atoms with Crippen molar-refractivity contribution in [1.29, 1.82) is 5.26 Å². The predicted molar refractivity (Wildman–Crippen MR) is 59.8 cm³/mol. The highest BCUT2D eigenvalue weighted by atomic mass is 32.2. The van der Waals surface area contributed by atoms with Gasteiger partial charge in [0.15, 0.2) is 0 Å². The summed E-state index contributed by atoms with van der Waals surface area (Å²) in [7, 11) is 0. The maximum absolute atomic E-state index is 12.2. The monoisotopic (exact) mass is 282 g/mol. The molecule has 0 bridgehead atoms. The van der Waals surface area contributed by atoms with Gasteiger partial charge in [0.25, 0.3) is 0 Å². The van der Waals surface area contributed by atoms with Crippen molar-refractivity contribution in [3.05, 3.63) is 0 Å². The number of ether oxygens (including phenoxy) is 1. The van der Waals surface area contributed by atoms with E-state index in [2.05, 4.69) is 0 Å². The van der Waals surface area contributed by atoms with E-state index >= 15 is 0 Å². The van der Waals surface area contributed by atoms with Crippen LogP contribution in [0.2, 0.25) is 0 Å². The fourth-order valence-electron chi connectivity index (χ4n) is 1.41. The molecule has 1 amide bonds. The van der Waals surface area contributed by atoms with Crippen LogP contribution in [0.4, 0.5) is 18.0 Å².